The van der Waals surface area contributed by atoms with Crippen LogP contribution < -0.4 is 21.2 Å². The first-order valence-electron chi connectivity index (χ1n) is 12.8. The molecule has 1 atom stereocenters. The third kappa shape index (κ3) is 6.09. The van der Waals surface area contributed by atoms with Gasteiger partial charge in [0.15, 0.2) is 0 Å². The summed E-state index contributed by atoms with van der Waals surface area (Å²) in [6.45, 7) is 0.447. The van der Waals surface area contributed by atoms with Crippen molar-refractivity contribution in [2.24, 2.45) is 5.92 Å². The van der Waals surface area contributed by atoms with E-state index in [1.165, 1.54) is 0 Å². The number of benzene rings is 2. The molecular formula is C32H26N6O2. The molecule has 2 heterocycles. The standard InChI is InChI=1S/C32H26N6O2/c33-17-27(15-21-4-6-29-25(13-21)8-10-35-29)31(39)37-19-23-2-1-3-24(12-23)20-38-32(40)28(18-34)16-22-5-7-30-26(14-22)9-11-36-30/h1-4,6-16,22,35-36H,5,19-20H2,(H,37,39)(H,38,40)/b27-15-,28-16-. The van der Waals surface area contributed by atoms with E-state index in [1.807, 2.05) is 85.2 Å². The third-order valence-corrected chi connectivity index (χ3v) is 6.70. The topological polar surface area (TPSA) is 137 Å². The minimum Gasteiger partial charge on any atom is -0.361 e. The molecule has 0 bridgehead atoms. The highest BCUT2D eigenvalue weighted by molar-refractivity contribution is 6.02. The van der Waals surface area contributed by atoms with E-state index in [-0.39, 0.29) is 30.2 Å². The van der Waals surface area contributed by atoms with Gasteiger partial charge in [0.2, 0.25) is 0 Å². The minimum atomic E-state index is -0.470. The average Bonchev–Trinajstić information content (AvgIpc) is 3.65. The van der Waals surface area contributed by atoms with E-state index in [0.29, 0.717) is 6.42 Å². The van der Waals surface area contributed by atoms with Crippen molar-refractivity contribution in [3.05, 3.63) is 111 Å². The molecule has 4 aromatic rings. The number of nitrogens with one attached hydrogen (secondary N) is 4. The molecule has 0 fully saturated rings. The van der Waals surface area contributed by atoms with E-state index in [0.717, 1.165) is 38.2 Å². The maximum Gasteiger partial charge on any atom is 0.262 e. The highest BCUT2D eigenvalue weighted by Crippen LogP contribution is 2.17. The Hall–Kier alpha value is -5.60. The van der Waals surface area contributed by atoms with Gasteiger partial charge in [-0.1, -0.05) is 48.6 Å². The zero-order valence-corrected chi connectivity index (χ0v) is 21.6. The molecule has 0 spiro atoms. The Labute approximate surface area is 230 Å². The van der Waals surface area contributed by atoms with Crippen molar-refractivity contribution >= 4 is 40.9 Å². The molecule has 0 aliphatic heterocycles. The lowest BCUT2D eigenvalue weighted by Crippen LogP contribution is -2.28. The van der Waals surface area contributed by atoms with Crippen LogP contribution in [0.4, 0.5) is 0 Å². The van der Waals surface area contributed by atoms with Crippen molar-refractivity contribution in [2.75, 3.05) is 0 Å². The summed E-state index contributed by atoms with van der Waals surface area (Å²) >= 11 is 0. The van der Waals surface area contributed by atoms with Gasteiger partial charge in [0.05, 0.1) is 0 Å². The zero-order chi connectivity index (χ0) is 27.9. The average molecular weight is 527 g/mol. The van der Waals surface area contributed by atoms with Crippen molar-refractivity contribution in [3.63, 3.8) is 0 Å². The highest BCUT2D eigenvalue weighted by atomic mass is 16.2. The number of carbonyl (C=O) groups is 2. The first kappa shape index (κ1) is 26.0. The van der Waals surface area contributed by atoms with Crippen molar-refractivity contribution in [3.8, 4) is 12.1 Å². The summed E-state index contributed by atoms with van der Waals surface area (Å²) in [5.41, 5.74) is 3.46. The predicted octanol–water partition coefficient (Wildman–Crippen LogP) is 3.07. The first-order valence-corrected chi connectivity index (χ1v) is 12.8. The number of hydrogen-bond donors (Lipinski definition) is 4. The second-order valence-electron chi connectivity index (χ2n) is 9.49. The monoisotopic (exact) mass is 526 g/mol. The summed E-state index contributed by atoms with van der Waals surface area (Å²) < 4.78 is 0. The van der Waals surface area contributed by atoms with Crippen LogP contribution in [0.2, 0.25) is 0 Å². The molecule has 2 aromatic heterocycles. The molecule has 8 nitrogen and oxygen atoms in total. The Kier molecular flexibility index (Phi) is 7.71. The van der Waals surface area contributed by atoms with Crippen LogP contribution >= 0.6 is 0 Å². The summed E-state index contributed by atoms with van der Waals surface area (Å²) in [7, 11) is 0. The number of nitrogens with zero attached hydrogens (tertiary/aromatic N) is 2. The van der Waals surface area contributed by atoms with Crippen molar-refractivity contribution in [2.45, 2.75) is 19.5 Å². The number of aromatic nitrogens is 2. The molecule has 196 valence electrons. The summed E-state index contributed by atoms with van der Waals surface area (Å²) in [5.74, 6) is -0.932. The van der Waals surface area contributed by atoms with Gasteiger partial charge in [-0.2, -0.15) is 10.5 Å². The molecule has 0 saturated heterocycles. The SMILES string of the molecule is N#C/C(=C/c1ccc2[nH]ccc2c1)C(=O)NCc1cccc(CNC(=O)/C(C#N)=C\C2C=c3cc[nH]c3=CC2)c1. The number of fused-ring (bicyclic) bond motifs is 2. The quantitative estimate of drug-likeness (QED) is 0.207. The number of carbonyl (C=O) groups excluding carboxylic acids is 2. The maximum absolute atomic E-state index is 12.7. The molecule has 1 unspecified atom stereocenters. The predicted molar refractivity (Wildman–Crippen MR) is 153 cm³/mol. The van der Waals surface area contributed by atoms with Gasteiger partial charge in [0.1, 0.15) is 23.3 Å². The third-order valence-electron chi connectivity index (χ3n) is 6.70. The van der Waals surface area contributed by atoms with Crippen molar-refractivity contribution in [1.29, 1.82) is 10.5 Å². The lowest BCUT2D eigenvalue weighted by molar-refractivity contribution is -0.118. The van der Waals surface area contributed by atoms with Crippen LogP contribution in [0.3, 0.4) is 0 Å². The van der Waals surface area contributed by atoms with Crippen LogP contribution in [-0.2, 0) is 22.7 Å². The lowest BCUT2D eigenvalue weighted by atomic mass is 9.97. The van der Waals surface area contributed by atoms with Crippen LogP contribution in [0.5, 0.6) is 0 Å². The van der Waals surface area contributed by atoms with Gasteiger partial charge in [-0.15, -0.1) is 0 Å². The van der Waals surface area contributed by atoms with Crippen LogP contribution in [0, 0.1) is 28.6 Å². The second kappa shape index (κ2) is 11.8. The van der Waals surface area contributed by atoms with Crippen LogP contribution in [-0.4, -0.2) is 21.8 Å². The van der Waals surface area contributed by atoms with Crippen LogP contribution in [0.15, 0.2) is 84.2 Å². The van der Waals surface area contributed by atoms with E-state index in [2.05, 4.69) is 26.7 Å². The molecule has 0 radical (unpaired) electrons. The lowest BCUT2D eigenvalue weighted by Gasteiger charge is -2.10. The van der Waals surface area contributed by atoms with Gasteiger partial charge in [-0.05, 0) is 64.1 Å². The number of allylic oxidation sites excluding steroid dienone is 1. The molecular weight excluding hydrogens is 500 g/mol. The van der Waals surface area contributed by atoms with E-state index in [9.17, 15) is 20.1 Å². The Morgan fingerprint density at radius 1 is 0.900 bits per heavy atom. The number of aromatic amines is 2. The summed E-state index contributed by atoms with van der Waals surface area (Å²) in [5, 5.41) is 27.8. The normalized spacial score (nSPS) is 14.7. The molecule has 1 aliphatic rings. The van der Waals surface area contributed by atoms with Gasteiger partial charge in [0, 0.05) is 42.3 Å². The smallest absolute Gasteiger partial charge is 0.262 e. The number of rotatable bonds is 8. The highest BCUT2D eigenvalue weighted by Gasteiger charge is 2.14. The van der Waals surface area contributed by atoms with Gasteiger partial charge in [-0.3, -0.25) is 9.59 Å². The number of amides is 2. The number of hydrogen-bond acceptors (Lipinski definition) is 4. The number of nitriles is 2. The Bertz CT molecular complexity index is 1860. The van der Waals surface area contributed by atoms with Crippen molar-refractivity contribution in [1.82, 2.24) is 20.6 Å². The van der Waals surface area contributed by atoms with E-state index < -0.39 is 11.8 Å². The molecule has 8 heteroatoms. The largest absolute Gasteiger partial charge is 0.361 e. The Morgan fingerprint density at radius 2 is 1.62 bits per heavy atom. The van der Waals surface area contributed by atoms with Crippen LogP contribution in [0.25, 0.3) is 29.1 Å². The van der Waals surface area contributed by atoms with Gasteiger partial charge in [0.25, 0.3) is 11.8 Å². The Balaban J connectivity index is 1.17. The van der Waals surface area contributed by atoms with E-state index in [4.69, 9.17) is 0 Å². The Morgan fingerprint density at radius 3 is 2.38 bits per heavy atom. The number of H-pyrrole nitrogens is 2. The molecule has 4 N–H and O–H groups in total. The zero-order valence-electron chi connectivity index (χ0n) is 21.6. The van der Waals surface area contributed by atoms with Gasteiger partial charge in [-0.25, -0.2) is 0 Å². The molecule has 2 amide bonds. The summed E-state index contributed by atoms with van der Waals surface area (Å²) in [6, 6.07) is 20.9. The van der Waals surface area contributed by atoms with Gasteiger partial charge >= 0.3 is 0 Å². The molecule has 40 heavy (non-hydrogen) atoms. The van der Waals surface area contributed by atoms with E-state index >= 15 is 0 Å². The second-order valence-corrected chi connectivity index (χ2v) is 9.49. The summed E-state index contributed by atoms with van der Waals surface area (Å²) in [4.78, 5) is 31.7. The maximum atomic E-state index is 12.7. The van der Waals surface area contributed by atoms with E-state index in [1.54, 1.807) is 12.2 Å². The fourth-order valence-electron chi connectivity index (χ4n) is 4.64. The first-order chi connectivity index (χ1) is 19.5. The van der Waals surface area contributed by atoms with Crippen molar-refractivity contribution < 1.29 is 9.59 Å². The molecule has 2 aromatic carbocycles. The minimum absolute atomic E-state index is 0.00895. The van der Waals surface area contributed by atoms with Gasteiger partial charge < -0.3 is 20.6 Å². The fraction of sp³-hybridized carbons (Fsp3) is 0.125. The molecule has 5 rings (SSSR count). The summed E-state index contributed by atoms with van der Waals surface area (Å²) in [6.07, 6.45) is 11.8. The van der Waals surface area contributed by atoms with Crippen LogP contribution in [0.1, 0.15) is 23.1 Å². The fourth-order valence-corrected chi connectivity index (χ4v) is 4.64. The molecule has 1 aliphatic carbocycles. The molecule has 0 saturated carbocycles.